The zero-order valence-corrected chi connectivity index (χ0v) is 18.5. The Morgan fingerprint density at radius 1 is 1.28 bits per heavy atom. The topological polar surface area (TPSA) is 94.8 Å². The Balaban J connectivity index is 2.24. The van der Waals surface area contributed by atoms with Crippen LogP contribution in [0.2, 0.25) is 5.02 Å². The third-order valence-electron chi connectivity index (χ3n) is 3.80. The van der Waals surface area contributed by atoms with E-state index in [2.05, 4.69) is 5.32 Å². The quantitative estimate of drug-likeness (QED) is 0.405. The van der Waals surface area contributed by atoms with Gasteiger partial charge in [0.15, 0.2) is 5.75 Å². The second kappa shape index (κ2) is 9.54. The molecule has 0 saturated heterocycles. The largest absolute Gasteiger partial charge is 0.444 e. The molecule has 2 aromatic rings. The average molecular weight is 442 g/mol. The first-order valence-corrected chi connectivity index (χ1v) is 10.7. The Morgan fingerprint density at radius 3 is 2.59 bits per heavy atom. The minimum atomic E-state index is -0.923. The van der Waals surface area contributed by atoms with Crippen LogP contribution in [0.5, 0.6) is 5.75 Å². The number of fused-ring (bicyclic) bond motifs is 1. The van der Waals surface area contributed by atoms with Gasteiger partial charge in [-0.05, 0) is 57.8 Å². The van der Waals surface area contributed by atoms with Crippen LogP contribution in [0.15, 0.2) is 27.4 Å². The van der Waals surface area contributed by atoms with E-state index in [1.807, 2.05) is 6.26 Å². The van der Waals surface area contributed by atoms with Crippen LogP contribution in [0, 0.1) is 6.92 Å². The summed E-state index contributed by atoms with van der Waals surface area (Å²) < 4.78 is 15.8. The van der Waals surface area contributed by atoms with Crippen molar-refractivity contribution >= 4 is 46.4 Å². The highest BCUT2D eigenvalue weighted by Gasteiger charge is 2.26. The standard InChI is InChI=1S/C20H24ClNO6S/c1-11-8-17(23)26-15-10-16(13(21)9-12(11)15)27-18(24)14(6-7-29-5)22-19(25)28-20(2,3)4/h8-10,14H,6-7H2,1-5H3,(H,22,25)/t14-/m0/s1. The number of alkyl carbamates (subject to hydrolysis) is 1. The number of benzene rings is 1. The van der Waals surface area contributed by atoms with Gasteiger partial charge in [0.1, 0.15) is 17.2 Å². The number of aryl methyl sites for hydroxylation is 1. The Bertz CT molecular complexity index is 966. The lowest BCUT2D eigenvalue weighted by Crippen LogP contribution is -2.45. The van der Waals surface area contributed by atoms with Crippen molar-refractivity contribution in [3.8, 4) is 5.75 Å². The summed E-state index contributed by atoms with van der Waals surface area (Å²) in [4.78, 5) is 36.4. The first kappa shape index (κ1) is 23.1. The van der Waals surface area contributed by atoms with E-state index in [-0.39, 0.29) is 16.4 Å². The molecule has 0 fully saturated rings. The van der Waals surface area contributed by atoms with Crippen LogP contribution < -0.4 is 15.7 Å². The van der Waals surface area contributed by atoms with E-state index in [4.69, 9.17) is 25.5 Å². The van der Waals surface area contributed by atoms with Crippen molar-refractivity contribution in [2.24, 2.45) is 0 Å². The molecule has 9 heteroatoms. The number of halogens is 1. The second-order valence-electron chi connectivity index (χ2n) is 7.43. The first-order chi connectivity index (χ1) is 13.5. The van der Waals surface area contributed by atoms with Gasteiger partial charge in [-0.1, -0.05) is 11.6 Å². The van der Waals surface area contributed by atoms with E-state index in [0.717, 1.165) is 0 Å². The number of esters is 1. The lowest BCUT2D eigenvalue weighted by atomic mass is 10.1. The molecule has 29 heavy (non-hydrogen) atoms. The smallest absolute Gasteiger partial charge is 0.408 e. The number of thioether (sulfide) groups is 1. The van der Waals surface area contributed by atoms with Crippen molar-refractivity contribution < 1.29 is 23.5 Å². The van der Waals surface area contributed by atoms with E-state index in [9.17, 15) is 14.4 Å². The van der Waals surface area contributed by atoms with E-state index in [0.29, 0.717) is 23.1 Å². The molecule has 0 saturated carbocycles. The van der Waals surface area contributed by atoms with Crippen LogP contribution in [0.25, 0.3) is 11.0 Å². The van der Waals surface area contributed by atoms with Crippen LogP contribution >= 0.6 is 23.4 Å². The summed E-state index contributed by atoms with van der Waals surface area (Å²) in [5.41, 5.74) is -0.266. The van der Waals surface area contributed by atoms with Crippen LogP contribution in [0.3, 0.4) is 0 Å². The summed E-state index contributed by atoms with van der Waals surface area (Å²) in [5.74, 6) is -0.0334. The van der Waals surface area contributed by atoms with E-state index >= 15 is 0 Å². The highest BCUT2D eigenvalue weighted by molar-refractivity contribution is 7.98. The predicted molar refractivity (Wildman–Crippen MR) is 114 cm³/mol. The van der Waals surface area contributed by atoms with Crippen LogP contribution in [0.1, 0.15) is 32.8 Å². The highest BCUT2D eigenvalue weighted by Crippen LogP contribution is 2.31. The molecule has 1 heterocycles. The fraction of sp³-hybridized carbons (Fsp3) is 0.450. The molecule has 0 aliphatic heterocycles. The number of carbonyl (C=O) groups excluding carboxylic acids is 2. The summed E-state index contributed by atoms with van der Waals surface area (Å²) in [6, 6.07) is 3.39. The highest BCUT2D eigenvalue weighted by atomic mass is 35.5. The molecule has 0 radical (unpaired) electrons. The molecular weight excluding hydrogens is 418 g/mol. The van der Waals surface area contributed by atoms with E-state index in [1.54, 1.807) is 33.8 Å². The van der Waals surface area contributed by atoms with Crippen molar-refractivity contribution in [1.82, 2.24) is 5.32 Å². The summed E-state index contributed by atoms with van der Waals surface area (Å²) >= 11 is 7.77. The molecule has 1 amide bonds. The molecule has 0 bridgehead atoms. The fourth-order valence-electron chi connectivity index (χ4n) is 2.51. The number of ether oxygens (including phenoxy) is 2. The maximum absolute atomic E-state index is 12.7. The molecule has 0 unspecified atom stereocenters. The Hall–Kier alpha value is -2.19. The fourth-order valence-corrected chi connectivity index (χ4v) is 3.19. The van der Waals surface area contributed by atoms with E-state index < -0.39 is 29.3 Å². The normalized spacial score (nSPS) is 12.5. The minimum absolute atomic E-state index is 0.0399. The van der Waals surface area contributed by atoms with Gasteiger partial charge in [-0.15, -0.1) is 0 Å². The third-order valence-corrected chi connectivity index (χ3v) is 4.74. The number of rotatable bonds is 6. The van der Waals surface area contributed by atoms with Crippen molar-refractivity contribution in [3.05, 3.63) is 39.2 Å². The van der Waals surface area contributed by atoms with Gasteiger partial charge in [-0.3, -0.25) is 0 Å². The van der Waals surface area contributed by atoms with Gasteiger partial charge in [-0.25, -0.2) is 14.4 Å². The zero-order chi connectivity index (χ0) is 21.8. The molecule has 158 valence electrons. The van der Waals surface area contributed by atoms with Crippen molar-refractivity contribution in [1.29, 1.82) is 0 Å². The minimum Gasteiger partial charge on any atom is -0.444 e. The van der Waals surface area contributed by atoms with Gasteiger partial charge in [0.25, 0.3) is 0 Å². The maximum atomic E-state index is 12.7. The lowest BCUT2D eigenvalue weighted by Gasteiger charge is -2.23. The van der Waals surface area contributed by atoms with Gasteiger partial charge in [0.05, 0.1) is 5.02 Å². The number of hydrogen-bond acceptors (Lipinski definition) is 7. The number of hydrogen-bond donors (Lipinski definition) is 1. The molecule has 1 N–H and O–H groups in total. The monoisotopic (exact) mass is 441 g/mol. The summed E-state index contributed by atoms with van der Waals surface area (Å²) in [6.45, 7) is 6.94. The molecule has 0 spiro atoms. The van der Waals surface area contributed by atoms with Gasteiger partial charge in [0.2, 0.25) is 0 Å². The Labute approximate surface area is 178 Å². The third kappa shape index (κ3) is 6.68. The van der Waals surface area contributed by atoms with Crippen molar-refractivity contribution in [3.63, 3.8) is 0 Å². The summed E-state index contributed by atoms with van der Waals surface area (Å²) in [6.07, 6.45) is 1.52. The molecule has 0 aliphatic carbocycles. The Morgan fingerprint density at radius 2 is 1.97 bits per heavy atom. The zero-order valence-electron chi connectivity index (χ0n) is 17.0. The number of amides is 1. The maximum Gasteiger partial charge on any atom is 0.408 e. The Kier molecular flexibility index (Phi) is 7.60. The first-order valence-electron chi connectivity index (χ1n) is 8.94. The molecule has 2 rings (SSSR count). The SMILES string of the molecule is CSCC[C@H](NC(=O)OC(C)(C)C)C(=O)Oc1cc2oc(=O)cc(C)c2cc1Cl. The lowest BCUT2D eigenvalue weighted by molar-refractivity contribution is -0.136. The molecular formula is C20H24ClNO6S. The number of carbonyl (C=O) groups is 2. The molecule has 7 nitrogen and oxygen atoms in total. The van der Waals surface area contributed by atoms with Gasteiger partial charge >= 0.3 is 17.7 Å². The van der Waals surface area contributed by atoms with Crippen molar-refractivity contribution in [2.75, 3.05) is 12.0 Å². The van der Waals surface area contributed by atoms with Crippen LogP contribution in [-0.4, -0.2) is 35.7 Å². The molecule has 1 aromatic heterocycles. The average Bonchev–Trinajstić information content (AvgIpc) is 2.58. The molecule has 1 atom stereocenters. The summed E-state index contributed by atoms with van der Waals surface area (Å²) in [5, 5.41) is 3.36. The summed E-state index contributed by atoms with van der Waals surface area (Å²) in [7, 11) is 0. The van der Waals surface area contributed by atoms with E-state index in [1.165, 1.54) is 23.9 Å². The van der Waals surface area contributed by atoms with Gasteiger partial charge in [0, 0.05) is 17.5 Å². The van der Waals surface area contributed by atoms with Crippen LogP contribution in [-0.2, 0) is 9.53 Å². The predicted octanol–water partition coefficient (Wildman–Crippen LogP) is 4.31. The van der Waals surface area contributed by atoms with Gasteiger partial charge in [-0.2, -0.15) is 11.8 Å². The molecule has 1 aromatic carbocycles. The van der Waals surface area contributed by atoms with Gasteiger partial charge < -0.3 is 19.2 Å². The second-order valence-corrected chi connectivity index (χ2v) is 8.82. The number of nitrogens with one attached hydrogen (secondary N) is 1. The molecule has 0 aliphatic rings. The van der Waals surface area contributed by atoms with Crippen molar-refractivity contribution in [2.45, 2.75) is 45.8 Å². The van der Waals surface area contributed by atoms with Crippen LogP contribution in [0.4, 0.5) is 4.79 Å².